The van der Waals surface area contributed by atoms with Gasteiger partial charge in [-0.05, 0) is 19.1 Å². The quantitative estimate of drug-likeness (QED) is 0.517. The predicted molar refractivity (Wildman–Crippen MR) is 97.6 cm³/mol. The molecule has 1 amide bonds. The maximum absolute atomic E-state index is 12.7. The summed E-state index contributed by atoms with van der Waals surface area (Å²) in [5.41, 5.74) is 0.346. The number of benzene rings is 1. The van der Waals surface area contributed by atoms with Gasteiger partial charge in [0.15, 0.2) is 0 Å². The van der Waals surface area contributed by atoms with Crippen LogP contribution in [0.3, 0.4) is 0 Å². The average Bonchev–Trinajstić information content (AvgIpc) is 2.66. The first-order valence-electron chi connectivity index (χ1n) is 8.12. The lowest BCUT2D eigenvalue weighted by atomic mass is 10.0. The Labute approximate surface area is 160 Å². The number of carboxylic acid groups (broad SMARTS) is 1. The van der Waals surface area contributed by atoms with Crippen molar-refractivity contribution in [2.24, 2.45) is 0 Å². The molecular weight excluding hydrogens is 370 g/mol. The highest BCUT2D eigenvalue weighted by molar-refractivity contribution is 5.96. The van der Waals surface area contributed by atoms with Crippen LogP contribution in [0.4, 0.5) is 5.69 Å². The van der Waals surface area contributed by atoms with Crippen LogP contribution in [0, 0.1) is 17.0 Å². The molecule has 0 radical (unpaired) electrons. The maximum atomic E-state index is 12.7. The van der Waals surface area contributed by atoms with Gasteiger partial charge in [-0.25, -0.2) is 0 Å². The third-order valence-electron chi connectivity index (χ3n) is 4.03. The molecule has 10 nitrogen and oxygen atoms in total. The summed E-state index contributed by atoms with van der Waals surface area (Å²) in [7, 11) is 2.88. The topological polar surface area (TPSA) is 141 Å². The Morgan fingerprint density at radius 3 is 2.57 bits per heavy atom. The molecule has 1 heterocycles. The zero-order chi connectivity index (χ0) is 20.8. The fourth-order valence-electron chi connectivity index (χ4n) is 2.61. The molecule has 0 aliphatic carbocycles. The predicted octanol–water partition coefficient (Wildman–Crippen LogP) is 2.26. The van der Waals surface area contributed by atoms with E-state index in [4.69, 9.17) is 9.47 Å². The third-order valence-corrected chi connectivity index (χ3v) is 4.03. The van der Waals surface area contributed by atoms with E-state index < -0.39 is 29.3 Å². The molecule has 1 aromatic carbocycles. The van der Waals surface area contributed by atoms with Gasteiger partial charge in [0.2, 0.25) is 0 Å². The molecule has 1 unspecified atom stereocenters. The lowest BCUT2D eigenvalue weighted by molar-refractivity contribution is -0.385. The first kappa shape index (κ1) is 20.6. The number of aryl methyl sites for hydroxylation is 1. The van der Waals surface area contributed by atoms with E-state index in [0.29, 0.717) is 17.1 Å². The Morgan fingerprint density at radius 1 is 1.29 bits per heavy atom. The molecule has 1 atom stereocenters. The van der Waals surface area contributed by atoms with E-state index in [1.807, 2.05) is 0 Å². The van der Waals surface area contributed by atoms with Crippen LogP contribution in [-0.2, 0) is 4.79 Å². The number of hydrogen-bond acceptors (Lipinski definition) is 7. The largest absolute Gasteiger partial charge is 0.497 e. The number of methoxy groups -OCH3 is 2. The van der Waals surface area contributed by atoms with E-state index >= 15 is 0 Å². The van der Waals surface area contributed by atoms with Gasteiger partial charge >= 0.3 is 5.97 Å². The summed E-state index contributed by atoms with van der Waals surface area (Å²) in [5, 5.41) is 22.8. The zero-order valence-corrected chi connectivity index (χ0v) is 15.5. The minimum atomic E-state index is -1.14. The third kappa shape index (κ3) is 4.72. The smallest absolute Gasteiger partial charge is 0.305 e. The van der Waals surface area contributed by atoms with Crippen molar-refractivity contribution in [2.45, 2.75) is 19.4 Å². The molecule has 10 heteroatoms. The highest BCUT2D eigenvalue weighted by atomic mass is 16.6. The summed E-state index contributed by atoms with van der Waals surface area (Å²) >= 11 is 0. The number of nitrogens with zero attached hydrogens (tertiary/aromatic N) is 2. The van der Waals surface area contributed by atoms with Crippen molar-refractivity contribution in [1.82, 2.24) is 10.3 Å². The van der Waals surface area contributed by atoms with Crippen molar-refractivity contribution in [3.8, 4) is 11.5 Å². The normalized spacial score (nSPS) is 11.4. The lowest BCUT2D eigenvalue weighted by Gasteiger charge is -2.21. The van der Waals surface area contributed by atoms with Crippen molar-refractivity contribution in [3.05, 3.63) is 57.4 Å². The number of carbonyl (C=O) groups excluding carboxylic acids is 1. The van der Waals surface area contributed by atoms with Crippen LogP contribution in [0.5, 0.6) is 11.5 Å². The van der Waals surface area contributed by atoms with Crippen molar-refractivity contribution < 1.29 is 29.1 Å². The van der Waals surface area contributed by atoms with Gasteiger partial charge in [-0.1, -0.05) is 0 Å². The molecule has 0 bridgehead atoms. The number of ether oxygens (including phenoxy) is 2. The van der Waals surface area contributed by atoms with Crippen LogP contribution in [0.1, 0.15) is 34.1 Å². The Bertz CT molecular complexity index is 914. The molecule has 0 saturated heterocycles. The first-order valence-corrected chi connectivity index (χ1v) is 8.12. The maximum Gasteiger partial charge on any atom is 0.305 e. The minimum absolute atomic E-state index is 0.0166. The van der Waals surface area contributed by atoms with E-state index in [1.54, 1.807) is 18.2 Å². The van der Waals surface area contributed by atoms with E-state index in [2.05, 4.69) is 10.3 Å². The number of carboxylic acids is 1. The summed E-state index contributed by atoms with van der Waals surface area (Å²) in [6.07, 6.45) is 0.628. The summed E-state index contributed by atoms with van der Waals surface area (Å²) in [5.74, 6) is -0.991. The van der Waals surface area contributed by atoms with Crippen LogP contribution in [0.2, 0.25) is 0 Å². The van der Waals surface area contributed by atoms with Gasteiger partial charge in [0, 0.05) is 17.7 Å². The number of aromatic nitrogens is 1. The number of nitro groups is 1. The second-order valence-corrected chi connectivity index (χ2v) is 5.82. The molecule has 0 spiro atoms. The molecule has 2 rings (SSSR count). The molecular formula is C18H19N3O7. The van der Waals surface area contributed by atoms with Crippen LogP contribution in [0.25, 0.3) is 0 Å². The molecule has 2 N–H and O–H groups in total. The van der Waals surface area contributed by atoms with Gasteiger partial charge in [-0.2, -0.15) is 0 Å². The van der Waals surface area contributed by atoms with Gasteiger partial charge in [0.05, 0.1) is 42.9 Å². The standard InChI is InChI=1S/C18H19N3O7/c1-10-14(6-11(9-19-10)21(25)26)18(24)20-15(8-17(22)23)13-5-4-12(27-2)7-16(13)28-3/h4-7,9,15H,8H2,1-3H3,(H,20,24)(H,22,23). The molecule has 2 aromatic rings. The summed E-state index contributed by atoms with van der Waals surface area (Å²) < 4.78 is 10.4. The number of carbonyl (C=O) groups is 2. The van der Waals surface area contributed by atoms with Crippen LogP contribution < -0.4 is 14.8 Å². The number of aliphatic carboxylic acids is 1. The number of rotatable bonds is 8. The molecule has 0 aliphatic heterocycles. The first-order chi connectivity index (χ1) is 13.3. The van der Waals surface area contributed by atoms with Crippen molar-refractivity contribution in [1.29, 1.82) is 0 Å². The number of amides is 1. The van der Waals surface area contributed by atoms with Gasteiger partial charge in [0.1, 0.15) is 17.7 Å². The summed E-state index contributed by atoms with van der Waals surface area (Å²) in [6, 6.07) is 4.92. The molecule has 0 fully saturated rings. The van der Waals surface area contributed by atoms with Gasteiger partial charge < -0.3 is 19.9 Å². The number of nitrogens with one attached hydrogen (secondary N) is 1. The Hall–Kier alpha value is -3.69. The van der Waals surface area contributed by atoms with Crippen LogP contribution in [0.15, 0.2) is 30.5 Å². The van der Waals surface area contributed by atoms with Gasteiger partial charge in [-0.3, -0.25) is 24.7 Å². The van der Waals surface area contributed by atoms with E-state index in [9.17, 15) is 24.8 Å². The monoisotopic (exact) mass is 389 g/mol. The number of pyridine rings is 1. The SMILES string of the molecule is COc1ccc(C(CC(=O)O)NC(=O)c2cc([N+](=O)[O-])cnc2C)c(OC)c1. The second-order valence-electron chi connectivity index (χ2n) is 5.82. The molecule has 1 aromatic heterocycles. The number of hydrogen-bond donors (Lipinski definition) is 2. The highest BCUT2D eigenvalue weighted by Gasteiger charge is 2.24. The fraction of sp³-hybridized carbons (Fsp3) is 0.278. The Morgan fingerprint density at radius 2 is 2.00 bits per heavy atom. The summed E-state index contributed by atoms with van der Waals surface area (Å²) in [4.78, 5) is 38.2. The molecule has 0 saturated carbocycles. The van der Waals surface area contributed by atoms with Crippen molar-refractivity contribution in [2.75, 3.05) is 14.2 Å². The zero-order valence-electron chi connectivity index (χ0n) is 15.5. The van der Waals surface area contributed by atoms with Crippen molar-refractivity contribution in [3.63, 3.8) is 0 Å². The Balaban J connectivity index is 2.40. The van der Waals surface area contributed by atoms with Crippen LogP contribution in [-0.4, -0.2) is 41.1 Å². The van der Waals surface area contributed by atoms with E-state index in [1.165, 1.54) is 21.1 Å². The second kappa shape index (κ2) is 8.80. The molecule has 148 valence electrons. The minimum Gasteiger partial charge on any atom is -0.497 e. The summed E-state index contributed by atoms with van der Waals surface area (Å²) in [6.45, 7) is 1.53. The molecule has 28 heavy (non-hydrogen) atoms. The lowest BCUT2D eigenvalue weighted by Crippen LogP contribution is -2.31. The van der Waals surface area contributed by atoms with E-state index in [0.717, 1.165) is 12.3 Å². The Kier molecular flexibility index (Phi) is 6.48. The van der Waals surface area contributed by atoms with E-state index in [-0.39, 0.29) is 16.9 Å². The van der Waals surface area contributed by atoms with Gasteiger partial charge in [-0.15, -0.1) is 0 Å². The fourth-order valence-corrected chi connectivity index (χ4v) is 2.61. The van der Waals surface area contributed by atoms with Crippen molar-refractivity contribution >= 4 is 17.6 Å². The van der Waals surface area contributed by atoms with Gasteiger partial charge in [0.25, 0.3) is 11.6 Å². The average molecular weight is 389 g/mol. The van der Waals surface area contributed by atoms with Crippen LogP contribution >= 0.6 is 0 Å². The molecule has 0 aliphatic rings. The highest BCUT2D eigenvalue weighted by Crippen LogP contribution is 2.31.